The zero-order valence-electron chi connectivity index (χ0n) is 12.6. The van der Waals surface area contributed by atoms with E-state index >= 15 is 0 Å². The van der Waals surface area contributed by atoms with E-state index in [4.69, 9.17) is 9.15 Å². The summed E-state index contributed by atoms with van der Waals surface area (Å²) in [5, 5.41) is 19.9. The molecular weight excluding hydrogens is 286 g/mol. The average molecular weight is 305 g/mol. The second-order valence-electron chi connectivity index (χ2n) is 5.88. The molecule has 0 aliphatic carbocycles. The van der Waals surface area contributed by atoms with E-state index in [2.05, 4.69) is 4.90 Å². The highest BCUT2D eigenvalue weighted by atomic mass is 16.5. The summed E-state index contributed by atoms with van der Waals surface area (Å²) in [4.78, 5) is 13.9. The van der Waals surface area contributed by atoms with Gasteiger partial charge in [-0.2, -0.15) is 0 Å². The molecule has 1 fully saturated rings. The molecule has 6 heteroatoms. The number of morpholine rings is 1. The summed E-state index contributed by atoms with van der Waals surface area (Å²) in [6.07, 6.45) is 0.264. The van der Waals surface area contributed by atoms with Crippen LogP contribution in [-0.2, 0) is 11.3 Å². The zero-order valence-corrected chi connectivity index (χ0v) is 12.6. The van der Waals surface area contributed by atoms with E-state index in [1.165, 1.54) is 18.2 Å². The minimum Gasteiger partial charge on any atom is -0.504 e. The van der Waals surface area contributed by atoms with Crippen LogP contribution in [0.15, 0.2) is 27.4 Å². The summed E-state index contributed by atoms with van der Waals surface area (Å²) in [6.45, 7) is 6.14. The van der Waals surface area contributed by atoms with E-state index in [1.54, 1.807) is 0 Å². The van der Waals surface area contributed by atoms with E-state index < -0.39 is 5.63 Å². The highest BCUT2D eigenvalue weighted by molar-refractivity contribution is 5.83. The van der Waals surface area contributed by atoms with Gasteiger partial charge in [0.15, 0.2) is 11.5 Å². The van der Waals surface area contributed by atoms with Gasteiger partial charge in [-0.15, -0.1) is 0 Å². The van der Waals surface area contributed by atoms with Crippen LogP contribution in [-0.4, -0.2) is 40.4 Å². The van der Waals surface area contributed by atoms with Crippen molar-refractivity contribution in [2.24, 2.45) is 0 Å². The fraction of sp³-hybridized carbons (Fsp3) is 0.438. The molecule has 118 valence electrons. The van der Waals surface area contributed by atoms with E-state index in [9.17, 15) is 15.0 Å². The average Bonchev–Trinajstić information content (AvgIpc) is 2.39. The van der Waals surface area contributed by atoms with Gasteiger partial charge in [0.1, 0.15) is 5.58 Å². The van der Waals surface area contributed by atoms with Gasteiger partial charge in [-0.1, -0.05) is 0 Å². The Morgan fingerprint density at radius 3 is 2.45 bits per heavy atom. The third-order valence-corrected chi connectivity index (χ3v) is 3.81. The predicted molar refractivity (Wildman–Crippen MR) is 81.1 cm³/mol. The lowest BCUT2D eigenvalue weighted by molar-refractivity contribution is -0.0704. The van der Waals surface area contributed by atoms with Crippen molar-refractivity contribution in [2.45, 2.75) is 32.6 Å². The Hall–Kier alpha value is -2.05. The molecule has 1 aliphatic heterocycles. The number of phenolic OH excluding ortho intramolecular Hbond substituents is 2. The minimum absolute atomic E-state index is 0.132. The number of rotatable bonds is 2. The lowest BCUT2D eigenvalue weighted by Crippen LogP contribution is -2.44. The Morgan fingerprint density at radius 2 is 1.77 bits per heavy atom. The summed E-state index contributed by atoms with van der Waals surface area (Å²) >= 11 is 0. The number of hydrogen-bond donors (Lipinski definition) is 2. The number of benzene rings is 1. The van der Waals surface area contributed by atoms with Crippen LogP contribution in [0, 0.1) is 0 Å². The lowest BCUT2D eigenvalue weighted by atomic mass is 10.1. The molecular formula is C16H19NO5. The molecule has 0 saturated carbocycles. The summed E-state index contributed by atoms with van der Waals surface area (Å²) < 4.78 is 10.8. The van der Waals surface area contributed by atoms with Gasteiger partial charge < -0.3 is 19.4 Å². The number of hydrogen-bond acceptors (Lipinski definition) is 6. The number of phenols is 2. The molecule has 1 aliphatic rings. The molecule has 2 heterocycles. The number of fused-ring (bicyclic) bond motifs is 1. The van der Waals surface area contributed by atoms with Gasteiger partial charge >= 0.3 is 5.63 Å². The van der Waals surface area contributed by atoms with Gasteiger partial charge in [-0.3, -0.25) is 4.90 Å². The van der Waals surface area contributed by atoms with Crippen LogP contribution in [0.5, 0.6) is 11.5 Å². The first-order valence-electron chi connectivity index (χ1n) is 7.29. The molecule has 1 aromatic heterocycles. The Labute approximate surface area is 127 Å². The van der Waals surface area contributed by atoms with Crippen LogP contribution in [0.2, 0.25) is 0 Å². The smallest absolute Gasteiger partial charge is 0.336 e. The predicted octanol–water partition coefficient (Wildman–Crippen LogP) is 1.81. The molecule has 0 amide bonds. The van der Waals surface area contributed by atoms with Crippen molar-refractivity contribution < 1.29 is 19.4 Å². The molecule has 1 saturated heterocycles. The molecule has 0 radical (unpaired) electrons. The third kappa shape index (κ3) is 2.93. The highest BCUT2D eigenvalue weighted by Gasteiger charge is 2.23. The fourth-order valence-electron chi connectivity index (χ4n) is 3.04. The first kappa shape index (κ1) is 14.9. The van der Waals surface area contributed by atoms with Crippen molar-refractivity contribution in [3.05, 3.63) is 34.2 Å². The molecule has 0 spiro atoms. The van der Waals surface area contributed by atoms with Crippen molar-refractivity contribution in [3.8, 4) is 11.5 Å². The van der Waals surface area contributed by atoms with E-state index in [0.717, 1.165) is 18.7 Å². The Kier molecular flexibility index (Phi) is 3.80. The maximum atomic E-state index is 11.7. The molecule has 2 N–H and O–H groups in total. The second kappa shape index (κ2) is 5.62. The van der Waals surface area contributed by atoms with Gasteiger partial charge in [0, 0.05) is 37.2 Å². The van der Waals surface area contributed by atoms with Crippen LogP contribution >= 0.6 is 0 Å². The molecule has 22 heavy (non-hydrogen) atoms. The summed E-state index contributed by atoms with van der Waals surface area (Å²) in [5.41, 5.74) is 0.567. The summed E-state index contributed by atoms with van der Waals surface area (Å²) in [7, 11) is 0. The Balaban J connectivity index is 1.99. The Morgan fingerprint density at radius 1 is 1.14 bits per heavy atom. The largest absolute Gasteiger partial charge is 0.504 e. The van der Waals surface area contributed by atoms with Gasteiger partial charge in [0.05, 0.1) is 12.2 Å². The quantitative estimate of drug-likeness (QED) is 0.650. The first-order valence-corrected chi connectivity index (χ1v) is 7.29. The number of aromatic hydroxyl groups is 2. The van der Waals surface area contributed by atoms with Crippen LogP contribution in [0.3, 0.4) is 0 Å². The lowest BCUT2D eigenvalue weighted by Gasteiger charge is -2.35. The molecule has 1 aromatic carbocycles. The summed E-state index contributed by atoms with van der Waals surface area (Å²) in [5.74, 6) is -0.535. The maximum Gasteiger partial charge on any atom is 0.336 e. The van der Waals surface area contributed by atoms with Gasteiger partial charge in [0.25, 0.3) is 0 Å². The van der Waals surface area contributed by atoms with E-state index in [1.807, 2.05) is 13.8 Å². The fourth-order valence-corrected chi connectivity index (χ4v) is 3.04. The van der Waals surface area contributed by atoms with Crippen molar-refractivity contribution in [3.63, 3.8) is 0 Å². The zero-order chi connectivity index (χ0) is 15.9. The van der Waals surface area contributed by atoms with Crippen LogP contribution in [0.1, 0.15) is 19.4 Å². The molecule has 0 bridgehead atoms. The van der Waals surface area contributed by atoms with Gasteiger partial charge in [0.2, 0.25) is 0 Å². The van der Waals surface area contributed by atoms with E-state index in [-0.39, 0.29) is 29.3 Å². The van der Waals surface area contributed by atoms with Gasteiger partial charge in [-0.05, 0) is 25.5 Å². The molecule has 3 rings (SSSR count). The van der Waals surface area contributed by atoms with Crippen molar-refractivity contribution >= 4 is 11.0 Å². The second-order valence-corrected chi connectivity index (χ2v) is 5.88. The Bertz CT molecular complexity index is 744. The molecule has 2 aromatic rings. The van der Waals surface area contributed by atoms with Crippen LogP contribution < -0.4 is 5.63 Å². The van der Waals surface area contributed by atoms with Crippen molar-refractivity contribution in [1.82, 2.24) is 4.90 Å². The van der Waals surface area contributed by atoms with E-state index in [0.29, 0.717) is 11.9 Å². The van der Waals surface area contributed by atoms with Gasteiger partial charge in [-0.25, -0.2) is 4.79 Å². The topological polar surface area (TPSA) is 83.1 Å². The van der Waals surface area contributed by atoms with Crippen LogP contribution in [0.4, 0.5) is 0 Å². The highest BCUT2D eigenvalue weighted by Crippen LogP contribution is 2.31. The first-order chi connectivity index (χ1) is 10.4. The normalized spacial score (nSPS) is 23.0. The maximum absolute atomic E-state index is 11.7. The molecule has 6 nitrogen and oxygen atoms in total. The molecule has 2 atom stereocenters. The summed E-state index contributed by atoms with van der Waals surface area (Å²) in [6, 6.07) is 4.12. The van der Waals surface area contributed by atoms with Crippen molar-refractivity contribution in [1.29, 1.82) is 0 Å². The SMILES string of the molecule is CC1CN(Cc2cc(=O)oc3cc(O)c(O)cc23)CC(C)O1. The number of ether oxygens (including phenoxy) is 1. The minimum atomic E-state index is -0.470. The van der Waals surface area contributed by atoms with Crippen LogP contribution in [0.25, 0.3) is 11.0 Å². The van der Waals surface area contributed by atoms with Crippen molar-refractivity contribution in [2.75, 3.05) is 13.1 Å². The molecule has 2 unspecified atom stereocenters. The third-order valence-electron chi connectivity index (χ3n) is 3.81. The monoisotopic (exact) mass is 305 g/mol. The standard InChI is InChI=1S/C16H19NO5/c1-9-6-17(7-10(2)21-9)8-11-3-16(20)22-15-5-14(19)13(18)4-12(11)15/h3-5,9-10,18-19H,6-8H2,1-2H3. The number of nitrogens with zero attached hydrogens (tertiary/aromatic N) is 1.